The van der Waals surface area contributed by atoms with Crippen molar-refractivity contribution in [3.8, 4) is 17.3 Å². The summed E-state index contributed by atoms with van der Waals surface area (Å²) in [5, 5.41) is 16.6. The van der Waals surface area contributed by atoms with Crippen LogP contribution in [0.25, 0.3) is 5.69 Å². The first kappa shape index (κ1) is 31.0. The summed E-state index contributed by atoms with van der Waals surface area (Å²) in [6.07, 6.45) is 1.90. The number of pyridine rings is 1. The number of carbonyl (C=O) groups is 2. The van der Waals surface area contributed by atoms with E-state index in [4.69, 9.17) is 4.74 Å². The molecule has 2 aromatic heterocycles. The molecule has 0 radical (unpaired) electrons. The zero-order valence-corrected chi connectivity index (χ0v) is 25.0. The van der Waals surface area contributed by atoms with Crippen molar-refractivity contribution >= 4 is 27.6 Å². The molecule has 1 amide bonds. The van der Waals surface area contributed by atoms with E-state index >= 15 is 0 Å². The first-order valence-corrected chi connectivity index (χ1v) is 15.2. The Morgan fingerprint density at radius 1 is 0.978 bits per heavy atom. The molecule has 0 aliphatic carbocycles. The first-order chi connectivity index (χ1) is 21.5. The predicted molar refractivity (Wildman–Crippen MR) is 164 cm³/mol. The van der Waals surface area contributed by atoms with Crippen molar-refractivity contribution in [2.24, 2.45) is 0 Å². The predicted octanol–water partition coefficient (Wildman–Crippen LogP) is 5.29. The van der Waals surface area contributed by atoms with Gasteiger partial charge in [-0.2, -0.15) is 9.78 Å². The smallest absolute Gasteiger partial charge is 0.356 e. The monoisotopic (exact) mass is 629 g/mol. The summed E-state index contributed by atoms with van der Waals surface area (Å²) in [6, 6.07) is 21.4. The van der Waals surface area contributed by atoms with E-state index in [1.54, 1.807) is 36.5 Å². The van der Waals surface area contributed by atoms with Gasteiger partial charge in [-0.1, -0.05) is 29.8 Å². The molecule has 45 heavy (non-hydrogen) atoms. The van der Waals surface area contributed by atoms with Gasteiger partial charge in [0.05, 0.1) is 5.69 Å². The van der Waals surface area contributed by atoms with Crippen LogP contribution in [0.15, 0.2) is 96.0 Å². The molecule has 2 heterocycles. The van der Waals surface area contributed by atoms with Gasteiger partial charge in [-0.25, -0.2) is 22.3 Å². The number of benzene rings is 3. The Balaban J connectivity index is 1.54. The lowest BCUT2D eigenvalue weighted by Crippen LogP contribution is -2.27. The molecule has 0 aliphatic heterocycles. The number of ether oxygens (including phenoxy) is 1. The fourth-order valence-corrected chi connectivity index (χ4v) is 5.60. The van der Waals surface area contributed by atoms with Crippen molar-refractivity contribution in [3.05, 3.63) is 125 Å². The van der Waals surface area contributed by atoms with E-state index in [2.05, 4.69) is 20.1 Å². The van der Waals surface area contributed by atoms with E-state index in [0.29, 0.717) is 17.8 Å². The Bertz CT molecular complexity index is 1980. The molecule has 0 saturated carbocycles. The number of rotatable bonds is 11. The van der Waals surface area contributed by atoms with Crippen molar-refractivity contribution in [2.45, 2.75) is 25.2 Å². The topological polar surface area (TPSA) is 153 Å². The molecule has 5 rings (SSSR count). The molecule has 0 atom stereocenters. The maximum atomic E-state index is 13.7. The Morgan fingerprint density at radius 2 is 1.76 bits per heavy atom. The van der Waals surface area contributed by atoms with Gasteiger partial charge in [0.2, 0.25) is 15.9 Å². The van der Waals surface area contributed by atoms with E-state index in [1.165, 1.54) is 48.0 Å². The molecule has 13 heteroatoms. The maximum absolute atomic E-state index is 13.7. The Kier molecular flexibility index (Phi) is 9.02. The van der Waals surface area contributed by atoms with Gasteiger partial charge in [0, 0.05) is 41.7 Å². The summed E-state index contributed by atoms with van der Waals surface area (Å²) in [5.41, 5.74) is 2.14. The van der Waals surface area contributed by atoms with Gasteiger partial charge in [-0.15, -0.1) is 0 Å². The number of hydrogen-bond acceptors (Lipinski definition) is 7. The third-order valence-corrected chi connectivity index (χ3v) is 8.22. The quantitative estimate of drug-likeness (QED) is 0.178. The number of amides is 1. The number of nitrogens with one attached hydrogen (secondary N) is 2. The zero-order valence-electron chi connectivity index (χ0n) is 24.2. The second kappa shape index (κ2) is 13.1. The van der Waals surface area contributed by atoms with Gasteiger partial charge in [0.1, 0.15) is 16.5 Å². The second-order valence-electron chi connectivity index (χ2n) is 10.0. The van der Waals surface area contributed by atoms with E-state index in [9.17, 15) is 27.5 Å². The average molecular weight is 630 g/mol. The highest BCUT2D eigenvalue weighted by atomic mass is 32.2. The van der Waals surface area contributed by atoms with Crippen molar-refractivity contribution in [1.29, 1.82) is 0 Å². The lowest BCUT2D eigenvalue weighted by atomic mass is 10.2. The summed E-state index contributed by atoms with van der Waals surface area (Å²) in [7, 11) is -4.28. The highest BCUT2D eigenvalue weighted by molar-refractivity contribution is 7.89. The molecule has 0 spiro atoms. The van der Waals surface area contributed by atoms with Gasteiger partial charge in [0.15, 0.2) is 5.69 Å². The second-order valence-corrected chi connectivity index (χ2v) is 11.8. The molecule has 0 bridgehead atoms. The molecular formula is C32H28FN5O6S. The van der Waals surface area contributed by atoms with Crippen molar-refractivity contribution in [1.82, 2.24) is 19.5 Å². The molecule has 3 N–H and O–H groups in total. The van der Waals surface area contributed by atoms with Crippen molar-refractivity contribution < 1.29 is 32.2 Å². The van der Waals surface area contributed by atoms with Crippen LogP contribution in [0, 0.1) is 19.7 Å². The third-order valence-electron chi connectivity index (χ3n) is 6.73. The highest BCUT2D eigenvalue weighted by Gasteiger charge is 2.26. The van der Waals surface area contributed by atoms with E-state index in [1.807, 2.05) is 19.1 Å². The summed E-state index contributed by atoms with van der Waals surface area (Å²) in [4.78, 5) is 28.7. The number of nitrogens with zero attached hydrogens (tertiary/aromatic N) is 3. The molecular weight excluding hydrogens is 601 g/mol. The van der Waals surface area contributed by atoms with E-state index in [0.717, 1.165) is 11.6 Å². The van der Waals surface area contributed by atoms with Gasteiger partial charge < -0.3 is 15.2 Å². The molecule has 5 aromatic rings. The molecule has 0 saturated heterocycles. The zero-order chi connectivity index (χ0) is 32.1. The lowest BCUT2D eigenvalue weighted by Gasteiger charge is -2.16. The van der Waals surface area contributed by atoms with E-state index < -0.39 is 27.7 Å². The highest BCUT2D eigenvalue weighted by Crippen LogP contribution is 2.35. The lowest BCUT2D eigenvalue weighted by molar-refractivity contribution is 0.0689. The van der Waals surface area contributed by atoms with Crippen LogP contribution in [0.1, 0.15) is 37.7 Å². The van der Waals surface area contributed by atoms with Gasteiger partial charge in [-0.05, 0) is 74.5 Å². The number of sulfonamides is 1. The molecule has 230 valence electrons. The summed E-state index contributed by atoms with van der Waals surface area (Å²) >= 11 is 0. The Morgan fingerprint density at radius 3 is 2.44 bits per heavy atom. The average Bonchev–Trinajstić information content (AvgIpc) is 3.34. The summed E-state index contributed by atoms with van der Waals surface area (Å²) in [6.45, 7) is 3.40. The maximum Gasteiger partial charge on any atom is 0.356 e. The fraction of sp³-hybridized carbons (Fsp3) is 0.125. The van der Waals surface area contributed by atoms with Gasteiger partial charge in [-0.3, -0.25) is 9.78 Å². The molecule has 0 fully saturated rings. The Hall–Kier alpha value is -5.40. The van der Waals surface area contributed by atoms with Crippen LogP contribution in [0.4, 0.5) is 10.1 Å². The Labute approximate surface area is 258 Å². The molecule has 3 aromatic carbocycles. The number of aromatic nitrogens is 3. The van der Waals surface area contributed by atoms with Crippen molar-refractivity contribution in [3.63, 3.8) is 0 Å². The number of anilines is 1. The number of aromatic carboxylic acids is 1. The standard InChI is InChI=1S/C32H28FN5O6S/c1-20-9-12-26(13-10-20)38-31(21(2)29(37-38)32(40)41)44-27-14-11-25(36-30(39)22-6-5-7-23(33)18-22)19-28(27)45(42,43)35-17-15-24-8-3-4-16-34-24/h3-14,16,18-19,35H,15,17H2,1-2H3,(H,36,39)(H,40,41). The minimum Gasteiger partial charge on any atom is -0.476 e. The van der Waals surface area contributed by atoms with Crippen LogP contribution in [0.2, 0.25) is 0 Å². The van der Waals surface area contributed by atoms with Crippen LogP contribution < -0.4 is 14.8 Å². The van der Waals surface area contributed by atoms with Crippen molar-refractivity contribution in [2.75, 3.05) is 11.9 Å². The summed E-state index contributed by atoms with van der Waals surface area (Å²) in [5.74, 6) is -2.72. The van der Waals surface area contributed by atoms with Crippen LogP contribution in [-0.4, -0.2) is 46.7 Å². The van der Waals surface area contributed by atoms with Crippen LogP contribution in [0.5, 0.6) is 11.6 Å². The van der Waals surface area contributed by atoms with Crippen LogP contribution in [0.3, 0.4) is 0 Å². The van der Waals surface area contributed by atoms with Gasteiger partial charge >= 0.3 is 5.97 Å². The number of halogens is 1. The largest absolute Gasteiger partial charge is 0.476 e. The fourth-order valence-electron chi connectivity index (χ4n) is 4.42. The first-order valence-electron chi connectivity index (χ1n) is 13.7. The van der Waals surface area contributed by atoms with Gasteiger partial charge in [0.25, 0.3) is 5.91 Å². The molecule has 11 nitrogen and oxygen atoms in total. The number of carboxylic acids is 1. The minimum atomic E-state index is -4.28. The third kappa shape index (κ3) is 7.22. The summed E-state index contributed by atoms with van der Waals surface area (Å²) < 4.78 is 51.0. The minimum absolute atomic E-state index is 0.00214. The van der Waals surface area contributed by atoms with Crippen LogP contribution >= 0.6 is 0 Å². The number of carbonyl (C=O) groups excluding carboxylic acids is 1. The van der Waals surface area contributed by atoms with E-state index in [-0.39, 0.29) is 45.6 Å². The SMILES string of the molecule is Cc1ccc(-n2nc(C(=O)O)c(C)c2Oc2ccc(NC(=O)c3cccc(F)c3)cc2S(=O)(=O)NCCc2ccccn2)cc1. The number of aryl methyl sites for hydroxylation is 1. The molecule has 0 unspecified atom stereocenters. The normalized spacial score (nSPS) is 11.3. The molecule has 0 aliphatic rings. The number of carboxylic acid groups (broad SMARTS) is 1. The number of hydrogen-bond donors (Lipinski definition) is 3. The van der Waals surface area contributed by atoms with Crippen LogP contribution in [-0.2, 0) is 16.4 Å².